The Bertz CT molecular complexity index is 407. The van der Waals surface area contributed by atoms with Crippen molar-refractivity contribution in [2.45, 2.75) is 65.1 Å². The van der Waals surface area contributed by atoms with E-state index in [0.717, 1.165) is 6.42 Å². The smallest absolute Gasteiger partial charge is 0.107 e. The third-order valence-electron chi connectivity index (χ3n) is 4.04. The van der Waals surface area contributed by atoms with Crippen molar-refractivity contribution in [3.63, 3.8) is 0 Å². The van der Waals surface area contributed by atoms with Gasteiger partial charge in [-0.25, -0.2) is 0 Å². The van der Waals surface area contributed by atoms with E-state index in [4.69, 9.17) is 0 Å². The van der Waals surface area contributed by atoms with E-state index < -0.39 is 8.07 Å². The summed E-state index contributed by atoms with van der Waals surface area (Å²) in [6.07, 6.45) is 8.03. The number of benzene rings is 1. The Kier molecular flexibility index (Phi) is 7.24. The number of aliphatic hydroxyl groups excluding tert-OH is 1. The van der Waals surface area contributed by atoms with E-state index in [1.165, 1.54) is 36.1 Å². The standard InChI is InChI=1S/C18H30OSi/c1-5-6-7-9-14-18(15-16(2)19)20(3,4)17-12-10-8-11-13-17/h8,10-13,15-16,19H,5-7,9,14H2,1-4H3/b18-15+. The van der Waals surface area contributed by atoms with Crippen LogP contribution in [0.2, 0.25) is 13.1 Å². The molecule has 1 unspecified atom stereocenters. The molecule has 0 bridgehead atoms. The van der Waals surface area contributed by atoms with Crippen LogP contribution < -0.4 is 5.19 Å². The molecule has 1 rings (SSSR count). The highest BCUT2D eigenvalue weighted by molar-refractivity contribution is 6.95. The molecule has 1 atom stereocenters. The number of allylic oxidation sites excluding steroid dienone is 1. The van der Waals surface area contributed by atoms with E-state index in [2.05, 4.69) is 56.4 Å². The topological polar surface area (TPSA) is 20.2 Å². The number of unbranched alkanes of at least 4 members (excludes halogenated alkanes) is 3. The predicted molar refractivity (Wildman–Crippen MR) is 92.1 cm³/mol. The molecule has 0 radical (unpaired) electrons. The van der Waals surface area contributed by atoms with E-state index >= 15 is 0 Å². The summed E-state index contributed by atoms with van der Waals surface area (Å²) in [5.74, 6) is 0. The van der Waals surface area contributed by atoms with Gasteiger partial charge in [-0.05, 0) is 19.8 Å². The summed E-state index contributed by atoms with van der Waals surface area (Å²) in [4.78, 5) is 0. The molecule has 0 fully saturated rings. The molecule has 1 N–H and O–H groups in total. The summed E-state index contributed by atoms with van der Waals surface area (Å²) in [5, 5.41) is 12.7. The lowest BCUT2D eigenvalue weighted by Gasteiger charge is -2.27. The first-order chi connectivity index (χ1) is 9.48. The van der Waals surface area contributed by atoms with Crippen molar-refractivity contribution < 1.29 is 5.11 Å². The summed E-state index contributed by atoms with van der Waals surface area (Å²) in [6, 6.07) is 10.8. The van der Waals surface area contributed by atoms with Gasteiger partial charge in [-0.2, -0.15) is 0 Å². The van der Waals surface area contributed by atoms with Gasteiger partial charge in [0.05, 0.1) is 6.10 Å². The molecule has 0 aliphatic rings. The fourth-order valence-electron chi connectivity index (χ4n) is 2.68. The van der Waals surface area contributed by atoms with Crippen molar-refractivity contribution in [3.8, 4) is 0 Å². The second-order valence-corrected chi connectivity index (χ2v) is 10.7. The Morgan fingerprint density at radius 1 is 1.15 bits per heavy atom. The van der Waals surface area contributed by atoms with Gasteiger partial charge in [-0.15, -0.1) is 0 Å². The summed E-state index contributed by atoms with van der Waals surface area (Å²) in [7, 11) is -1.63. The van der Waals surface area contributed by atoms with Gasteiger partial charge >= 0.3 is 0 Å². The number of rotatable bonds is 8. The van der Waals surface area contributed by atoms with Crippen LogP contribution in [0.25, 0.3) is 0 Å². The monoisotopic (exact) mass is 290 g/mol. The van der Waals surface area contributed by atoms with Crippen LogP contribution in [0.15, 0.2) is 41.6 Å². The minimum atomic E-state index is -1.63. The van der Waals surface area contributed by atoms with Crippen LogP contribution in [-0.2, 0) is 0 Å². The molecule has 0 aliphatic heterocycles. The molecule has 0 aromatic heterocycles. The van der Waals surface area contributed by atoms with Crippen LogP contribution in [0.4, 0.5) is 0 Å². The van der Waals surface area contributed by atoms with Crippen molar-refractivity contribution in [1.29, 1.82) is 0 Å². The van der Waals surface area contributed by atoms with Crippen molar-refractivity contribution in [2.24, 2.45) is 0 Å². The average Bonchev–Trinajstić information content (AvgIpc) is 2.42. The maximum absolute atomic E-state index is 9.78. The molecule has 1 aromatic carbocycles. The van der Waals surface area contributed by atoms with Gasteiger partial charge in [-0.1, -0.05) is 86.1 Å². The molecule has 20 heavy (non-hydrogen) atoms. The van der Waals surface area contributed by atoms with Gasteiger partial charge in [-0.3, -0.25) is 0 Å². The molecule has 112 valence electrons. The van der Waals surface area contributed by atoms with Crippen LogP contribution >= 0.6 is 0 Å². The highest BCUT2D eigenvalue weighted by Crippen LogP contribution is 2.22. The zero-order valence-corrected chi connectivity index (χ0v) is 14.5. The summed E-state index contributed by atoms with van der Waals surface area (Å²) in [6.45, 7) is 8.91. The third-order valence-corrected chi connectivity index (χ3v) is 7.84. The maximum Gasteiger partial charge on any atom is 0.107 e. The summed E-state index contributed by atoms with van der Waals surface area (Å²) < 4.78 is 0. The van der Waals surface area contributed by atoms with Crippen LogP contribution in [0.1, 0.15) is 46.0 Å². The Morgan fingerprint density at radius 3 is 2.35 bits per heavy atom. The molecule has 0 amide bonds. The van der Waals surface area contributed by atoms with E-state index in [-0.39, 0.29) is 6.10 Å². The summed E-state index contributed by atoms with van der Waals surface area (Å²) in [5.41, 5.74) is 0. The quantitative estimate of drug-likeness (QED) is 0.555. The van der Waals surface area contributed by atoms with E-state index in [0.29, 0.717) is 0 Å². The lowest BCUT2D eigenvalue weighted by Crippen LogP contribution is -2.44. The normalized spacial score (nSPS) is 14.3. The van der Waals surface area contributed by atoms with Crippen molar-refractivity contribution in [3.05, 3.63) is 41.6 Å². The number of hydrogen-bond donors (Lipinski definition) is 1. The second-order valence-electron chi connectivity index (χ2n) is 6.23. The lowest BCUT2D eigenvalue weighted by atomic mass is 10.1. The van der Waals surface area contributed by atoms with Crippen molar-refractivity contribution >= 4 is 13.3 Å². The van der Waals surface area contributed by atoms with Gasteiger partial charge in [0.1, 0.15) is 8.07 Å². The highest BCUT2D eigenvalue weighted by Gasteiger charge is 2.27. The molecule has 0 saturated carbocycles. The molecule has 0 heterocycles. The first kappa shape index (κ1) is 17.2. The average molecular weight is 291 g/mol. The number of hydrogen-bond acceptors (Lipinski definition) is 1. The lowest BCUT2D eigenvalue weighted by molar-refractivity contribution is 0.243. The van der Waals surface area contributed by atoms with Crippen molar-refractivity contribution in [1.82, 2.24) is 0 Å². The molecule has 0 spiro atoms. The molecular weight excluding hydrogens is 260 g/mol. The van der Waals surface area contributed by atoms with E-state index in [1.807, 2.05) is 6.92 Å². The Balaban J connectivity index is 2.87. The molecular formula is C18H30OSi. The largest absolute Gasteiger partial charge is 0.389 e. The third kappa shape index (κ3) is 5.26. The Hall–Kier alpha value is -0.863. The summed E-state index contributed by atoms with van der Waals surface area (Å²) >= 11 is 0. The molecule has 1 aromatic rings. The van der Waals surface area contributed by atoms with Gasteiger partial charge in [0, 0.05) is 0 Å². The SMILES string of the molecule is CCCCCC/C(=C\C(C)O)[Si](C)(C)c1ccccc1. The molecule has 0 saturated heterocycles. The minimum Gasteiger partial charge on any atom is -0.389 e. The Labute approximate surface area is 125 Å². The van der Waals surface area contributed by atoms with Crippen LogP contribution in [-0.4, -0.2) is 19.3 Å². The van der Waals surface area contributed by atoms with Gasteiger partial charge < -0.3 is 5.11 Å². The maximum atomic E-state index is 9.78. The highest BCUT2D eigenvalue weighted by atomic mass is 28.3. The van der Waals surface area contributed by atoms with Gasteiger partial charge in [0.25, 0.3) is 0 Å². The first-order valence-corrected chi connectivity index (χ1v) is 10.9. The second kappa shape index (κ2) is 8.43. The first-order valence-electron chi connectivity index (χ1n) is 7.93. The van der Waals surface area contributed by atoms with Gasteiger partial charge in [0.2, 0.25) is 0 Å². The van der Waals surface area contributed by atoms with Gasteiger partial charge in [0.15, 0.2) is 0 Å². The molecule has 1 nitrogen and oxygen atoms in total. The van der Waals surface area contributed by atoms with Crippen LogP contribution in [0, 0.1) is 0 Å². The molecule has 2 heteroatoms. The Morgan fingerprint density at radius 2 is 1.80 bits per heavy atom. The fourth-order valence-corrected chi connectivity index (χ4v) is 5.53. The zero-order chi connectivity index (χ0) is 15.0. The van der Waals surface area contributed by atoms with Crippen molar-refractivity contribution in [2.75, 3.05) is 0 Å². The number of aliphatic hydroxyl groups is 1. The minimum absolute atomic E-state index is 0.341. The van der Waals surface area contributed by atoms with Crippen LogP contribution in [0.5, 0.6) is 0 Å². The fraction of sp³-hybridized carbons (Fsp3) is 0.556. The molecule has 0 aliphatic carbocycles. The van der Waals surface area contributed by atoms with Crippen LogP contribution in [0.3, 0.4) is 0 Å². The van der Waals surface area contributed by atoms with E-state index in [1.54, 1.807) is 0 Å². The predicted octanol–water partition coefficient (Wildman–Crippen LogP) is 4.42. The van der Waals surface area contributed by atoms with E-state index in [9.17, 15) is 5.11 Å². The zero-order valence-electron chi connectivity index (χ0n) is 13.5.